The van der Waals surface area contributed by atoms with Crippen LogP contribution in [0.2, 0.25) is 5.02 Å². The number of hydrogen-bond donors (Lipinski definition) is 1. The Labute approximate surface area is 178 Å². The molecule has 1 N–H and O–H groups in total. The zero-order valence-corrected chi connectivity index (χ0v) is 17.1. The van der Waals surface area contributed by atoms with E-state index in [0.717, 1.165) is 4.31 Å². The molecule has 0 aliphatic heterocycles. The van der Waals surface area contributed by atoms with Gasteiger partial charge >= 0.3 is 0 Å². The van der Waals surface area contributed by atoms with E-state index >= 15 is 0 Å². The number of halogens is 2. The van der Waals surface area contributed by atoms with Crippen molar-refractivity contribution >= 4 is 39.4 Å². The summed E-state index contributed by atoms with van der Waals surface area (Å²) in [6.45, 7) is -0.516. The molecule has 3 aromatic carbocycles. The number of amides is 1. The van der Waals surface area contributed by atoms with E-state index in [9.17, 15) is 17.6 Å². The predicted molar refractivity (Wildman–Crippen MR) is 115 cm³/mol. The minimum atomic E-state index is -4.03. The number of hydrazone groups is 1. The zero-order valence-electron chi connectivity index (χ0n) is 15.6. The van der Waals surface area contributed by atoms with E-state index in [1.165, 1.54) is 48.7 Å². The van der Waals surface area contributed by atoms with Gasteiger partial charge in [0.2, 0.25) is 0 Å². The molecule has 0 atom stereocenters. The third kappa shape index (κ3) is 5.43. The summed E-state index contributed by atoms with van der Waals surface area (Å²) in [6, 6.07) is 19.5. The molecule has 0 saturated carbocycles. The van der Waals surface area contributed by atoms with Crippen LogP contribution in [0.1, 0.15) is 5.56 Å². The van der Waals surface area contributed by atoms with Gasteiger partial charge in [-0.15, -0.1) is 0 Å². The Morgan fingerprint density at radius 1 is 1.03 bits per heavy atom. The van der Waals surface area contributed by atoms with Crippen LogP contribution in [0.5, 0.6) is 0 Å². The van der Waals surface area contributed by atoms with Crippen molar-refractivity contribution in [2.75, 3.05) is 10.8 Å². The molecule has 0 heterocycles. The average molecular weight is 446 g/mol. The summed E-state index contributed by atoms with van der Waals surface area (Å²) in [4.78, 5) is 12.4. The molecule has 0 aliphatic carbocycles. The molecule has 0 radical (unpaired) electrons. The Bertz CT molecular complexity index is 1150. The third-order valence-electron chi connectivity index (χ3n) is 3.99. The number of nitrogens with one attached hydrogen (secondary N) is 1. The van der Waals surface area contributed by atoms with Crippen LogP contribution in [-0.4, -0.2) is 27.1 Å². The lowest BCUT2D eigenvalue weighted by atomic mass is 10.2. The number of carbonyl (C=O) groups is 1. The molecule has 3 rings (SSSR count). The molecule has 30 heavy (non-hydrogen) atoms. The second-order valence-corrected chi connectivity index (χ2v) is 8.45. The largest absolute Gasteiger partial charge is 0.271 e. The summed E-state index contributed by atoms with van der Waals surface area (Å²) in [5.41, 5.74) is 3.09. The Morgan fingerprint density at radius 3 is 2.40 bits per heavy atom. The quantitative estimate of drug-likeness (QED) is 0.443. The molecule has 0 unspecified atom stereocenters. The Morgan fingerprint density at radius 2 is 1.73 bits per heavy atom. The van der Waals surface area contributed by atoms with Gasteiger partial charge in [0, 0.05) is 5.02 Å². The molecule has 0 fully saturated rings. The van der Waals surface area contributed by atoms with Crippen LogP contribution >= 0.6 is 11.6 Å². The molecular weight excluding hydrogens is 429 g/mol. The lowest BCUT2D eigenvalue weighted by Crippen LogP contribution is -2.39. The van der Waals surface area contributed by atoms with Gasteiger partial charge in [0.15, 0.2) is 0 Å². The molecule has 0 bridgehead atoms. The van der Waals surface area contributed by atoms with Crippen LogP contribution in [0.25, 0.3) is 0 Å². The van der Waals surface area contributed by atoms with Gasteiger partial charge in [-0.3, -0.25) is 9.10 Å². The minimum Gasteiger partial charge on any atom is -0.271 e. The molecule has 0 saturated heterocycles. The molecule has 0 aliphatic rings. The zero-order chi connectivity index (χ0) is 21.6. The van der Waals surface area contributed by atoms with Gasteiger partial charge in [-0.05, 0) is 48.0 Å². The standard InChI is InChI=1S/C21H17ClFN3O3S/c22-17-5-4-6-19(13-17)26(30(28,29)20-7-2-1-3-8-20)15-21(27)25-24-14-16-9-11-18(23)12-10-16/h1-14H,15H2,(H,25,27). The Kier molecular flexibility index (Phi) is 6.81. The summed E-state index contributed by atoms with van der Waals surface area (Å²) in [5, 5.41) is 4.12. The van der Waals surface area contributed by atoms with Gasteiger partial charge in [-0.1, -0.05) is 48.0 Å². The maximum atomic E-state index is 13.1. The normalized spacial score (nSPS) is 11.4. The van der Waals surface area contributed by atoms with Crippen LogP contribution in [-0.2, 0) is 14.8 Å². The van der Waals surface area contributed by atoms with E-state index in [2.05, 4.69) is 10.5 Å². The third-order valence-corrected chi connectivity index (χ3v) is 6.01. The molecule has 154 valence electrons. The van der Waals surface area contributed by atoms with Crippen LogP contribution < -0.4 is 9.73 Å². The second-order valence-electron chi connectivity index (χ2n) is 6.15. The first-order valence-electron chi connectivity index (χ1n) is 8.77. The number of sulfonamides is 1. The Hall–Kier alpha value is -3.23. The molecular formula is C21H17ClFN3O3S. The van der Waals surface area contributed by atoms with Crippen molar-refractivity contribution in [2.45, 2.75) is 4.90 Å². The minimum absolute atomic E-state index is 0.0348. The molecule has 0 aromatic heterocycles. The average Bonchev–Trinajstić information content (AvgIpc) is 2.74. The summed E-state index contributed by atoms with van der Waals surface area (Å²) in [7, 11) is -4.03. The number of rotatable bonds is 7. The fourth-order valence-electron chi connectivity index (χ4n) is 2.56. The summed E-state index contributed by atoms with van der Waals surface area (Å²) < 4.78 is 40.2. The number of hydrogen-bond acceptors (Lipinski definition) is 4. The van der Waals surface area contributed by atoms with Crippen LogP contribution in [0, 0.1) is 5.82 Å². The van der Waals surface area contributed by atoms with Crippen LogP contribution in [0.3, 0.4) is 0 Å². The van der Waals surface area contributed by atoms with Crippen molar-refractivity contribution in [3.05, 3.63) is 95.3 Å². The fraction of sp³-hybridized carbons (Fsp3) is 0.0476. The number of benzene rings is 3. The van der Waals surface area contributed by atoms with E-state index in [0.29, 0.717) is 10.6 Å². The number of nitrogens with zero attached hydrogens (tertiary/aromatic N) is 2. The van der Waals surface area contributed by atoms with Gasteiger partial charge < -0.3 is 0 Å². The molecule has 6 nitrogen and oxygen atoms in total. The lowest BCUT2D eigenvalue weighted by Gasteiger charge is -2.23. The summed E-state index contributed by atoms with van der Waals surface area (Å²) in [5.74, 6) is -1.05. The maximum absolute atomic E-state index is 13.1. The van der Waals surface area contributed by atoms with Crippen molar-refractivity contribution in [3.8, 4) is 0 Å². The van der Waals surface area contributed by atoms with Crippen molar-refractivity contribution < 1.29 is 17.6 Å². The van der Waals surface area contributed by atoms with E-state index in [4.69, 9.17) is 11.6 Å². The van der Waals surface area contributed by atoms with Gasteiger partial charge in [0.25, 0.3) is 15.9 Å². The molecule has 0 spiro atoms. The van der Waals surface area contributed by atoms with Gasteiger partial charge in [0.05, 0.1) is 16.8 Å². The first-order chi connectivity index (χ1) is 14.4. The number of anilines is 1. The first kappa shape index (κ1) is 21.5. The SMILES string of the molecule is O=C(CN(c1cccc(Cl)c1)S(=O)(=O)c1ccccc1)NN=Cc1ccc(F)cc1. The van der Waals surface area contributed by atoms with Crippen molar-refractivity contribution in [2.24, 2.45) is 5.10 Å². The van der Waals surface area contributed by atoms with Crippen LogP contribution in [0.4, 0.5) is 10.1 Å². The lowest BCUT2D eigenvalue weighted by molar-refractivity contribution is -0.119. The van der Waals surface area contributed by atoms with Crippen LogP contribution in [0.15, 0.2) is 88.9 Å². The topological polar surface area (TPSA) is 78.8 Å². The highest BCUT2D eigenvalue weighted by Crippen LogP contribution is 2.25. The highest BCUT2D eigenvalue weighted by molar-refractivity contribution is 7.92. The van der Waals surface area contributed by atoms with E-state index in [-0.39, 0.29) is 16.4 Å². The van der Waals surface area contributed by atoms with Gasteiger partial charge in [-0.2, -0.15) is 5.10 Å². The highest BCUT2D eigenvalue weighted by atomic mass is 35.5. The number of carbonyl (C=O) groups excluding carboxylic acids is 1. The molecule has 9 heteroatoms. The smallest absolute Gasteiger partial charge is 0.264 e. The maximum Gasteiger partial charge on any atom is 0.264 e. The molecule has 1 amide bonds. The second kappa shape index (κ2) is 9.51. The highest BCUT2D eigenvalue weighted by Gasteiger charge is 2.27. The van der Waals surface area contributed by atoms with E-state index < -0.39 is 22.5 Å². The predicted octanol–water partition coefficient (Wildman–Crippen LogP) is 3.82. The molecule has 3 aromatic rings. The Balaban J connectivity index is 1.82. The van der Waals surface area contributed by atoms with Gasteiger partial charge in [-0.25, -0.2) is 18.2 Å². The van der Waals surface area contributed by atoms with Crippen molar-refractivity contribution in [1.29, 1.82) is 0 Å². The first-order valence-corrected chi connectivity index (χ1v) is 10.6. The summed E-state index contributed by atoms with van der Waals surface area (Å²) in [6.07, 6.45) is 1.33. The van der Waals surface area contributed by atoms with Gasteiger partial charge in [0.1, 0.15) is 12.4 Å². The van der Waals surface area contributed by atoms with E-state index in [1.807, 2.05) is 0 Å². The van der Waals surface area contributed by atoms with Crippen molar-refractivity contribution in [1.82, 2.24) is 5.43 Å². The fourth-order valence-corrected chi connectivity index (χ4v) is 4.18. The summed E-state index contributed by atoms with van der Waals surface area (Å²) >= 11 is 6.01. The van der Waals surface area contributed by atoms with Crippen molar-refractivity contribution in [3.63, 3.8) is 0 Å². The monoisotopic (exact) mass is 445 g/mol. The van der Waals surface area contributed by atoms with E-state index in [1.54, 1.807) is 36.4 Å².